The van der Waals surface area contributed by atoms with E-state index in [4.69, 9.17) is 0 Å². The van der Waals surface area contributed by atoms with Crippen molar-refractivity contribution >= 4 is 17.7 Å². The Morgan fingerprint density at radius 1 is 1.50 bits per heavy atom. The van der Waals surface area contributed by atoms with Gasteiger partial charge in [-0.25, -0.2) is 9.37 Å². The van der Waals surface area contributed by atoms with Gasteiger partial charge >= 0.3 is 0 Å². The van der Waals surface area contributed by atoms with Crippen molar-refractivity contribution in [1.82, 2.24) is 10.3 Å². The average Bonchev–Trinajstić information content (AvgIpc) is 2.80. The topological polar surface area (TPSA) is 42.0 Å². The lowest BCUT2D eigenvalue weighted by molar-refractivity contribution is 0.0932. The summed E-state index contributed by atoms with van der Waals surface area (Å²) in [6, 6.07) is 1.24. The second-order valence-electron chi connectivity index (χ2n) is 4.30. The Morgan fingerprint density at radius 3 is 2.94 bits per heavy atom. The van der Waals surface area contributed by atoms with Gasteiger partial charge in [-0.2, -0.15) is 16.2 Å². The zero-order valence-electron chi connectivity index (χ0n) is 9.95. The number of amides is 1. The number of halogens is 2. The van der Waals surface area contributed by atoms with Gasteiger partial charge in [0.2, 0.25) is 5.95 Å². The number of hydrogen-bond donors (Lipinski definition) is 1. The molecule has 2 unspecified atom stereocenters. The van der Waals surface area contributed by atoms with Crippen molar-refractivity contribution in [2.24, 2.45) is 0 Å². The molecule has 1 aromatic heterocycles. The van der Waals surface area contributed by atoms with E-state index in [0.29, 0.717) is 5.25 Å². The number of aromatic nitrogens is 1. The summed E-state index contributed by atoms with van der Waals surface area (Å²) in [5, 5.41) is 3.28. The Balaban J connectivity index is 2.02. The molecule has 1 amide bonds. The van der Waals surface area contributed by atoms with Crippen molar-refractivity contribution in [2.45, 2.75) is 30.6 Å². The van der Waals surface area contributed by atoms with E-state index >= 15 is 0 Å². The summed E-state index contributed by atoms with van der Waals surface area (Å²) in [6.45, 7) is 0. The lowest BCUT2D eigenvalue weighted by atomic mass is 10.2. The third kappa shape index (κ3) is 2.80. The number of nitrogens with one attached hydrogen (secondary N) is 1. The maximum atomic E-state index is 13.4. The Hall–Kier alpha value is -1.17. The molecule has 0 saturated heterocycles. The van der Waals surface area contributed by atoms with Gasteiger partial charge < -0.3 is 5.32 Å². The van der Waals surface area contributed by atoms with Gasteiger partial charge in [0.1, 0.15) is 0 Å². The highest BCUT2D eigenvalue weighted by atomic mass is 32.2. The van der Waals surface area contributed by atoms with Gasteiger partial charge in [0.15, 0.2) is 5.82 Å². The van der Waals surface area contributed by atoms with Crippen LogP contribution in [0.1, 0.15) is 29.6 Å². The molecular weight excluding hydrogens is 258 g/mol. The van der Waals surface area contributed by atoms with Gasteiger partial charge in [-0.05, 0) is 31.6 Å². The number of nitrogens with zero attached hydrogens (tertiary/aromatic N) is 1. The zero-order valence-corrected chi connectivity index (χ0v) is 10.8. The fourth-order valence-corrected chi connectivity index (χ4v) is 2.94. The standard InChI is InChI=1S/C12H14F2N2OS/c1-18-8-3-2-7(6-8)16-12(17)9-4-5-15-11(14)10(9)13/h4-5,7-8H,2-3,6H2,1H3,(H,16,17). The summed E-state index contributed by atoms with van der Waals surface area (Å²) in [7, 11) is 0. The molecular formula is C12H14F2N2OS. The predicted octanol–water partition coefficient (Wildman–Crippen LogP) is 2.37. The summed E-state index contributed by atoms with van der Waals surface area (Å²) in [6.07, 6.45) is 5.92. The van der Waals surface area contributed by atoms with Gasteiger partial charge in [0, 0.05) is 17.5 Å². The largest absolute Gasteiger partial charge is 0.349 e. The number of thioether (sulfide) groups is 1. The number of rotatable bonds is 3. The van der Waals surface area contributed by atoms with E-state index in [2.05, 4.69) is 10.3 Å². The fourth-order valence-electron chi connectivity index (χ4n) is 2.14. The van der Waals surface area contributed by atoms with Crippen molar-refractivity contribution in [3.8, 4) is 0 Å². The SMILES string of the molecule is CSC1CCC(NC(=O)c2ccnc(F)c2F)C1. The maximum absolute atomic E-state index is 13.4. The minimum absolute atomic E-state index is 0.0468. The van der Waals surface area contributed by atoms with Gasteiger partial charge in [0.05, 0.1) is 5.56 Å². The van der Waals surface area contributed by atoms with Crippen LogP contribution in [0.4, 0.5) is 8.78 Å². The maximum Gasteiger partial charge on any atom is 0.254 e. The second kappa shape index (κ2) is 5.65. The molecule has 2 atom stereocenters. The summed E-state index contributed by atoms with van der Waals surface area (Å²) in [5.41, 5.74) is -0.282. The highest BCUT2D eigenvalue weighted by Gasteiger charge is 2.26. The molecule has 1 fully saturated rings. The molecule has 6 heteroatoms. The summed E-state index contributed by atoms with van der Waals surface area (Å²) < 4.78 is 26.3. The Kier molecular flexibility index (Phi) is 4.16. The number of carbonyl (C=O) groups is 1. The summed E-state index contributed by atoms with van der Waals surface area (Å²) >= 11 is 1.77. The molecule has 1 heterocycles. The zero-order chi connectivity index (χ0) is 13.1. The minimum Gasteiger partial charge on any atom is -0.349 e. The molecule has 1 aromatic rings. The van der Waals surface area contributed by atoms with Crippen molar-refractivity contribution in [3.63, 3.8) is 0 Å². The van der Waals surface area contributed by atoms with Crippen molar-refractivity contribution in [1.29, 1.82) is 0 Å². The predicted molar refractivity (Wildman–Crippen MR) is 66.6 cm³/mol. The minimum atomic E-state index is -1.24. The quantitative estimate of drug-likeness (QED) is 0.859. The lowest BCUT2D eigenvalue weighted by Gasteiger charge is -2.13. The van der Waals surface area contributed by atoms with E-state index in [1.54, 1.807) is 11.8 Å². The first-order valence-corrected chi connectivity index (χ1v) is 7.04. The average molecular weight is 272 g/mol. The van der Waals surface area contributed by atoms with Crippen LogP contribution in [-0.2, 0) is 0 Å². The smallest absolute Gasteiger partial charge is 0.254 e. The molecule has 0 aliphatic heterocycles. The van der Waals surface area contributed by atoms with E-state index in [1.165, 1.54) is 6.07 Å². The summed E-state index contributed by atoms with van der Waals surface area (Å²) in [4.78, 5) is 15.0. The number of pyridine rings is 1. The van der Waals surface area contributed by atoms with Crippen LogP contribution in [0.15, 0.2) is 12.3 Å². The van der Waals surface area contributed by atoms with E-state index in [1.807, 2.05) is 6.26 Å². The highest BCUT2D eigenvalue weighted by molar-refractivity contribution is 7.99. The van der Waals surface area contributed by atoms with Crippen LogP contribution < -0.4 is 5.32 Å². The molecule has 0 spiro atoms. The van der Waals surface area contributed by atoms with Crippen LogP contribution in [0, 0.1) is 11.8 Å². The molecule has 1 aliphatic rings. The first-order valence-electron chi connectivity index (χ1n) is 5.75. The van der Waals surface area contributed by atoms with Crippen molar-refractivity contribution < 1.29 is 13.6 Å². The van der Waals surface area contributed by atoms with Crippen LogP contribution in [0.25, 0.3) is 0 Å². The molecule has 2 rings (SSSR count). The number of carbonyl (C=O) groups excluding carboxylic acids is 1. The number of hydrogen-bond acceptors (Lipinski definition) is 3. The van der Waals surface area contributed by atoms with Crippen LogP contribution >= 0.6 is 11.8 Å². The third-order valence-electron chi connectivity index (χ3n) is 3.14. The van der Waals surface area contributed by atoms with Crippen LogP contribution in [-0.4, -0.2) is 28.4 Å². The lowest BCUT2D eigenvalue weighted by Crippen LogP contribution is -2.33. The molecule has 0 bridgehead atoms. The van der Waals surface area contributed by atoms with Crippen LogP contribution in [0.2, 0.25) is 0 Å². The molecule has 1 saturated carbocycles. The first-order chi connectivity index (χ1) is 8.61. The summed E-state index contributed by atoms with van der Waals surface area (Å²) in [5.74, 6) is -2.99. The van der Waals surface area contributed by atoms with Crippen molar-refractivity contribution in [3.05, 3.63) is 29.6 Å². The van der Waals surface area contributed by atoms with Gasteiger partial charge in [-0.15, -0.1) is 0 Å². The first kappa shape index (κ1) is 13.3. The van der Waals surface area contributed by atoms with E-state index in [9.17, 15) is 13.6 Å². The van der Waals surface area contributed by atoms with Gasteiger partial charge in [0.25, 0.3) is 5.91 Å². The molecule has 18 heavy (non-hydrogen) atoms. The van der Waals surface area contributed by atoms with Crippen LogP contribution in [0.3, 0.4) is 0 Å². The van der Waals surface area contributed by atoms with E-state index in [0.717, 1.165) is 25.5 Å². The van der Waals surface area contributed by atoms with E-state index < -0.39 is 17.7 Å². The van der Waals surface area contributed by atoms with Gasteiger partial charge in [-0.1, -0.05) is 0 Å². The van der Waals surface area contributed by atoms with Crippen LogP contribution in [0.5, 0.6) is 0 Å². The molecule has 98 valence electrons. The van der Waals surface area contributed by atoms with E-state index in [-0.39, 0.29) is 11.6 Å². The normalized spacial score (nSPS) is 23.1. The van der Waals surface area contributed by atoms with Gasteiger partial charge in [-0.3, -0.25) is 4.79 Å². The molecule has 3 nitrogen and oxygen atoms in total. The second-order valence-corrected chi connectivity index (χ2v) is 5.44. The molecule has 0 radical (unpaired) electrons. The molecule has 1 aliphatic carbocycles. The Labute approximate surface area is 108 Å². The molecule has 1 N–H and O–H groups in total. The highest BCUT2D eigenvalue weighted by Crippen LogP contribution is 2.28. The Morgan fingerprint density at radius 2 is 2.28 bits per heavy atom. The monoisotopic (exact) mass is 272 g/mol. The van der Waals surface area contributed by atoms with Crippen molar-refractivity contribution in [2.75, 3.05) is 6.26 Å². The third-order valence-corrected chi connectivity index (χ3v) is 4.24. The fraction of sp³-hybridized carbons (Fsp3) is 0.500. The molecule has 0 aromatic carbocycles. The Bertz CT molecular complexity index is 456.